The average molecular weight is 431 g/mol. The van der Waals surface area contributed by atoms with E-state index in [4.69, 9.17) is 8.85 Å². The second-order valence-electron chi connectivity index (χ2n) is 12.5. The summed E-state index contributed by atoms with van der Waals surface area (Å²) in [4.78, 5) is 0. The first kappa shape index (κ1) is 21.5. The van der Waals surface area contributed by atoms with Crippen molar-refractivity contribution in [3.05, 3.63) is 35.8 Å². The number of hydrogen-bond donors (Lipinski definition) is 0. The fourth-order valence-corrected chi connectivity index (χ4v) is 8.70. The van der Waals surface area contributed by atoms with E-state index >= 15 is 0 Å². The molecule has 4 rings (SSSR count). The van der Waals surface area contributed by atoms with Crippen LogP contribution >= 0.6 is 0 Å². The fraction of sp³-hybridized carbons (Fsp3) is 0.760. The first-order valence-corrected chi connectivity index (χ1v) is 18.6. The highest BCUT2D eigenvalue weighted by atomic mass is 28.4. The van der Waals surface area contributed by atoms with Crippen LogP contribution in [0.25, 0.3) is 0 Å². The summed E-state index contributed by atoms with van der Waals surface area (Å²) >= 11 is 0. The van der Waals surface area contributed by atoms with E-state index < -0.39 is 16.6 Å². The topological polar surface area (TPSA) is 18.5 Å². The van der Waals surface area contributed by atoms with E-state index in [1.165, 1.54) is 37.9 Å². The Morgan fingerprint density at radius 1 is 0.897 bits per heavy atom. The maximum absolute atomic E-state index is 6.61. The Morgan fingerprint density at radius 3 is 2.24 bits per heavy atom. The molecule has 0 aromatic rings. The molecule has 2 saturated carbocycles. The molecule has 0 bridgehead atoms. The van der Waals surface area contributed by atoms with Gasteiger partial charge in [-0.25, -0.2) is 0 Å². The van der Waals surface area contributed by atoms with E-state index in [1.54, 1.807) is 0 Å². The molecule has 29 heavy (non-hydrogen) atoms. The summed E-state index contributed by atoms with van der Waals surface area (Å²) in [7, 11) is -3.11. The third-order valence-corrected chi connectivity index (χ3v) is 9.85. The Labute approximate surface area is 181 Å². The van der Waals surface area contributed by atoms with Crippen LogP contribution in [-0.2, 0) is 8.85 Å². The van der Waals surface area contributed by atoms with Gasteiger partial charge in [0, 0.05) is 5.41 Å². The van der Waals surface area contributed by atoms with Crippen LogP contribution in [0, 0.1) is 34.5 Å². The van der Waals surface area contributed by atoms with E-state index in [9.17, 15) is 0 Å². The molecule has 162 valence electrons. The standard InChI is InChI=1S/C25H42O2Si2/c1-24-15-13-19(26-28(3,4)5)17-18(24)9-10-20-21-11-12-23(27-29(6,7)8)25(21,2)16-14-22(20)24/h12-13,15,17-18,20-22H,9-11,14,16H2,1-8H3/t18-,20?,21?,22?,24+,25+/m1/s1. The SMILES string of the molecule is C[C@]12CCC3C(CC[C@@H]4C=C(O[Si](C)(C)C)C=C[C@]34C)C1CC=C2O[Si](C)(C)C. The average Bonchev–Trinajstić information content (AvgIpc) is 2.89. The molecule has 0 radical (unpaired) electrons. The van der Waals surface area contributed by atoms with Crippen molar-refractivity contribution >= 4 is 16.6 Å². The third-order valence-electron chi connectivity index (χ3n) is 8.17. The molecule has 0 saturated heterocycles. The number of rotatable bonds is 4. The molecule has 0 heterocycles. The van der Waals surface area contributed by atoms with Gasteiger partial charge in [-0.2, -0.15) is 0 Å². The lowest BCUT2D eigenvalue weighted by Crippen LogP contribution is -2.51. The number of allylic oxidation sites excluding steroid dienone is 5. The van der Waals surface area contributed by atoms with Gasteiger partial charge in [0.15, 0.2) is 0 Å². The summed E-state index contributed by atoms with van der Waals surface area (Å²) in [6.45, 7) is 18.9. The molecule has 0 spiro atoms. The summed E-state index contributed by atoms with van der Waals surface area (Å²) < 4.78 is 13.0. The fourth-order valence-electron chi connectivity index (χ4n) is 6.88. The quantitative estimate of drug-likeness (QED) is 0.430. The van der Waals surface area contributed by atoms with Gasteiger partial charge in [-0.05, 0) is 119 Å². The van der Waals surface area contributed by atoms with Crippen LogP contribution < -0.4 is 0 Å². The molecule has 6 atom stereocenters. The Kier molecular flexibility index (Phi) is 5.10. The summed E-state index contributed by atoms with van der Waals surface area (Å²) in [5, 5.41) is 0. The Morgan fingerprint density at radius 2 is 1.59 bits per heavy atom. The Balaban J connectivity index is 1.55. The number of fused-ring (bicyclic) bond motifs is 5. The minimum absolute atomic E-state index is 0.269. The lowest BCUT2D eigenvalue weighted by Gasteiger charge is -2.58. The van der Waals surface area contributed by atoms with Crippen molar-refractivity contribution in [2.45, 2.75) is 85.2 Å². The predicted molar refractivity (Wildman–Crippen MR) is 127 cm³/mol. The minimum atomic E-state index is -1.56. The summed E-state index contributed by atoms with van der Waals surface area (Å²) in [5.41, 5.74) is 0.559. The van der Waals surface area contributed by atoms with Gasteiger partial charge in [0.25, 0.3) is 0 Å². The van der Waals surface area contributed by atoms with Crippen LogP contribution in [0.2, 0.25) is 39.3 Å². The van der Waals surface area contributed by atoms with Crippen molar-refractivity contribution in [2.75, 3.05) is 0 Å². The van der Waals surface area contributed by atoms with Crippen molar-refractivity contribution in [3.63, 3.8) is 0 Å². The first-order chi connectivity index (χ1) is 13.3. The Hall–Kier alpha value is -0.746. The maximum atomic E-state index is 6.61. The van der Waals surface area contributed by atoms with Crippen molar-refractivity contribution < 1.29 is 8.85 Å². The normalized spacial score (nSPS) is 41.7. The van der Waals surface area contributed by atoms with Crippen LogP contribution in [0.4, 0.5) is 0 Å². The molecule has 0 amide bonds. The summed E-state index contributed by atoms with van der Waals surface area (Å²) in [6.07, 6.45) is 16.3. The van der Waals surface area contributed by atoms with Gasteiger partial charge in [0.1, 0.15) is 0 Å². The van der Waals surface area contributed by atoms with E-state index in [2.05, 4.69) is 77.4 Å². The van der Waals surface area contributed by atoms with Gasteiger partial charge in [-0.3, -0.25) is 0 Å². The summed E-state index contributed by atoms with van der Waals surface area (Å²) in [5.74, 6) is 5.50. The van der Waals surface area contributed by atoms with Crippen molar-refractivity contribution in [1.82, 2.24) is 0 Å². The molecule has 3 unspecified atom stereocenters. The smallest absolute Gasteiger partial charge is 0.242 e. The highest BCUT2D eigenvalue weighted by molar-refractivity contribution is 6.70. The highest BCUT2D eigenvalue weighted by Gasteiger charge is 2.58. The van der Waals surface area contributed by atoms with Gasteiger partial charge in [-0.1, -0.05) is 19.9 Å². The van der Waals surface area contributed by atoms with Crippen molar-refractivity contribution in [3.8, 4) is 0 Å². The third kappa shape index (κ3) is 3.84. The summed E-state index contributed by atoms with van der Waals surface area (Å²) in [6, 6.07) is 0. The molecular weight excluding hydrogens is 388 g/mol. The van der Waals surface area contributed by atoms with Crippen LogP contribution in [0.3, 0.4) is 0 Å². The molecule has 2 nitrogen and oxygen atoms in total. The molecule has 2 fully saturated rings. The van der Waals surface area contributed by atoms with E-state index in [-0.39, 0.29) is 5.41 Å². The zero-order valence-corrected chi connectivity index (χ0v) is 22.0. The van der Waals surface area contributed by atoms with E-state index in [1.807, 2.05) is 0 Å². The largest absolute Gasteiger partial charge is 0.547 e. The van der Waals surface area contributed by atoms with Crippen LogP contribution in [0.5, 0.6) is 0 Å². The molecule has 4 heteroatoms. The van der Waals surface area contributed by atoms with Gasteiger partial charge in [-0.15, -0.1) is 0 Å². The molecular formula is C25H42O2Si2. The minimum Gasteiger partial charge on any atom is -0.547 e. The highest BCUT2D eigenvalue weighted by Crippen LogP contribution is 2.65. The monoisotopic (exact) mass is 430 g/mol. The zero-order chi connectivity index (χ0) is 21.2. The van der Waals surface area contributed by atoms with Gasteiger partial charge < -0.3 is 8.85 Å². The second kappa shape index (κ2) is 6.88. The molecule has 0 aliphatic heterocycles. The molecule has 4 aliphatic rings. The number of hydrogen-bond acceptors (Lipinski definition) is 2. The molecule has 4 aliphatic carbocycles. The lowest BCUT2D eigenvalue weighted by molar-refractivity contribution is -0.0564. The van der Waals surface area contributed by atoms with E-state index in [0.717, 1.165) is 23.5 Å². The molecule has 0 N–H and O–H groups in total. The van der Waals surface area contributed by atoms with Gasteiger partial charge in [0.05, 0.1) is 11.5 Å². The maximum Gasteiger partial charge on any atom is 0.242 e. The predicted octanol–water partition coefficient (Wildman–Crippen LogP) is 7.50. The van der Waals surface area contributed by atoms with Crippen LogP contribution in [0.15, 0.2) is 35.8 Å². The van der Waals surface area contributed by atoms with Gasteiger partial charge in [0.2, 0.25) is 16.6 Å². The second-order valence-corrected chi connectivity index (χ2v) is 21.4. The lowest BCUT2D eigenvalue weighted by atomic mass is 9.47. The van der Waals surface area contributed by atoms with Crippen molar-refractivity contribution in [1.29, 1.82) is 0 Å². The van der Waals surface area contributed by atoms with Crippen LogP contribution in [-0.4, -0.2) is 16.6 Å². The van der Waals surface area contributed by atoms with Crippen LogP contribution in [0.1, 0.15) is 46.0 Å². The molecule has 0 aromatic carbocycles. The van der Waals surface area contributed by atoms with Crippen molar-refractivity contribution in [2.24, 2.45) is 34.5 Å². The van der Waals surface area contributed by atoms with Gasteiger partial charge >= 0.3 is 0 Å². The van der Waals surface area contributed by atoms with E-state index in [0.29, 0.717) is 11.3 Å². The zero-order valence-electron chi connectivity index (χ0n) is 20.0. The first-order valence-electron chi connectivity index (χ1n) is 11.8. The molecule has 0 aromatic heterocycles. The Bertz CT molecular complexity index is 754.